The Morgan fingerprint density at radius 1 is 1.42 bits per heavy atom. The maximum Gasteiger partial charge on any atom is 0.257 e. The highest BCUT2D eigenvalue weighted by molar-refractivity contribution is 8.01. The fourth-order valence-corrected chi connectivity index (χ4v) is 3.47. The number of aromatic nitrogens is 2. The van der Waals surface area contributed by atoms with E-state index in [9.17, 15) is 4.79 Å². The van der Waals surface area contributed by atoms with Gasteiger partial charge in [-0.15, -0.1) is 10.2 Å². The molecule has 1 aromatic carbocycles. The lowest BCUT2D eigenvalue weighted by molar-refractivity contribution is 0.102. The van der Waals surface area contributed by atoms with E-state index >= 15 is 0 Å². The Hall–Kier alpha value is -1.11. The van der Waals surface area contributed by atoms with Gasteiger partial charge in [-0.2, -0.15) is 0 Å². The first-order valence-corrected chi connectivity index (χ1v) is 7.69. The van der Waals surface area contributed by atoms with Crippen molar-refractivity contribution in [1.82, 2.24) is 10.2 Å². The molecule has 19 heavy (non-hydrogen) atoms. The number of halogens is 1. The van der Waals surface area contributed by atoms with Crippen molar-refractivity contribution in [2.24, 2.45) is 0 Å². The molecule has 2 aromatic rings. The van der Waals surface area contributed by atoms with Gasteiger partial charge in [0.15, 0.2) is 4.34 Å². The molecule has 0 aliphatic rings. The van der Waals surface area contributed by atoms with Crippen LogP contribution in [0, 0.1) is 0 Å². The second-order valence-electron chi connectivity index (χ2n) is 4.00. The number of hydrogen-bond acceptors (Lipinski definition) is 5. The average molecular weight is 314 g/mol. The van der Waals surface area contributed by atoms with Gasteiger partial charge in [0.1, 0.15) is 0 Å². The van der Waals surface area contributed by atoms with Crippen molar-refractivity contribution in [3.63, 3.8) is 0 Å². The monoisotopic (exact) mass is 313 g/mol. The van der Waals surface area contributed by atoms with Gasteiger partial charge in [-0.05, 0) is 18.2 Å². The van der Waals surface area contributed by atoms with Crippen molar-refractivity contribution >= 4 is 45.7 Å². The Kier molecular flexibility index (Phi) is 4.79. The lowest BCUT2D eigenvalue weighted by Gasteiger charge is -2.01. The summed E-state index contributed by atoms with van der Waals surface area (Å²) in [6, 6.07) is 6.77. The highest BCUT2D eigenvalue weighted by Gasteiger charge is 2.11. The summed E-state index contributed by atoms with van der Waals surface area (Å²) in [6.07, 6.45) is 0. The zero-order valence-corrected chi connectivity index (χ0v) is 12.8. The number of rotatable bonds is 4. The molecule has 0 saturated carbocycles. The zero-order valence-electron chi connectivity index (χ0n) is 10.4. The summed E-state index contributed by atoms with van der Waals surface area (Å²) in [5.74, 6) is -0.236. The number of amides is 1. The minimum absolute atomic E-state index is 0.236. The molecule has 0 unspecified atom stereocenters. The van der Waals surface area contributed by atoms with Crippen LogP contribution in [0.1, 0.15) is 24.2 Å². The molecule has 100 valence electrons. The molecular formula is C12H12ClN3OS2. The molecule has 0 fully saturated rings. The maximum atomic E-state index is 12.0. The third-order valence-electron chi connectivity index (χ3n) is 2.05. The second-order valence-corrected chi connectivity index (χ2v) is 7.24. The van der Waals surface area contributed by atoms with Gasteiger partial charge >= 0.3 is 0 Å². The topological polar surface area (TPSA) is 54.9 Å². The SMILES string of the molecule is CC(C)Sc1nnc(NC(=O)c2cccc(Cl)c2)s1. The highest BCUT2D eigenvalue weighted by Crippen LogP contribution is 2.28. The first-order valence-electron chi connectivity index (χ1n) is 5.61. The van der Waals surface area contributed by atoms with Gasteiger partial charge < -0.3 is 0 Å². The summed E-state index contributed by atoms with van der Waals surface area (Å²) in [6.45, 7) is 4.16. The largest absolute Gasteiger partial charge is 0.296 e. The Morgan fingerprint density at radius 3 is 2.89 bits per heavy atom. The van der Waals surface area contributed by atoms with E-state index in [1.807, 2.05) is 0 Å². The first-order chi connectivity index (χ1) is 9.04. The number of nitrogens with zero attached hydrogens (tertiary/aromatic N) is 2. The number of carbonyl (C=O) groups is 1. The zero-order chi connectivity index (χ0) is 13.8. The van der Waals surface area contributed by atoms with Gasteiger partial charge in [0.25, 0.3) is 5.91 Å². The number of benzene rings is 1. The van der Waals surface area contributed by atoms with Crippen molar-refractivity contribution in [2.45, 2.75) is 23.4 Å². The molecule has 2 rings (SSSR count). The number of thioether (sulfide) groups is 1. The van der Waals surface area contributed by atoms with Crippen LogP contribution in [0.15, 0.2) is 28.6 Å². The number of carbonyl (C=O) groups excluding carboxylic acids is 1. The van der Waals surface area contributed by atoms with E-state index in [0.717, 1.165) is 4.34 Å². The third kappa shape index (κ3) is 4.19. The van der Waals surface area contributed by atoms with Crippen LogP contribution in [-0.2, 0) is 0 Å². The molecular weight excluding hydrogens is 302 g/mol. The van der Waals surface area contributed by atoms with Crippen LogP contribution in [0.5, 0.6) is 0 Å². The van der Waals surface area contributed by atoms with Gasteiger partial charge in [-0.3, -0.25) is 10.1 Å². The van der Waals surface area contributed by atoms with E-state index in [0.29, 0.717) is 21.0 Å². The fraction of sp³-hybridized carbons (Fsp3) is 0.250. The van der Waals surface area contributed by atoms with Crippen LogP contribution >= 0.6 is 34.7 Å². The molecule has 1 N–H and O–H groups in total. The molecule has 1 aromatic heterocycles. The minimum atomic E-state index is -0.236. The predicted octanol–water partition coefficient (Wildman–Crippen LogP) is 3.94. The van der Waals surface area contributed by atoms with Crippen molar-refractivity contribution in [3.05, 3.63) is 34.9 Å². The molecule has 0 atom stereocenters. The van der Waals surface area contributed by atoms with Gasteiger partial charge in [0.05, 0.1) is 0 Å². The van der Waals surface area contributed by atoms with E-state index in [1.54, 1.807) is 36.0 Å². The van der Waals surface area contributed by atoms with Gasteiger partial charge in [-0.1, -0.05) is 54.6 Å². The minimum Gasteiger partial charge on any atom is -0.296 e. The first kappa shape index (κ1) is 14.3. The highest BCUT2D eigenvalue weighted by atomic mass is 35.5. The smallest absolute Gasteiger partial charge is 0.257 e. The molecule has 1 amide bonds. The molecule has 7 heteroatoms. The Bertz CT molecular complexity index is 586. The summed E-state index contributed by atoms with van der Waals surface area (Å²) in [7, 11) is 0. The van der Waals surface area contributed by atoms with Crippen molar-refractivity contribution in [2.75, 3.05) is 5.32 Å². The summed E-state index contributed by atoms with van der Waals surface area (Å²) in [4.78, 5) is 12.0. The average Bonchev–Trinajstić information content (AvgIpc) is 2.75. The molecule has 0 saturated heterocycles. The summed E-state index contributed by atoms with van der Waals surface area (Å²) in [5, 5.41) is 12.1. The summed E-state index contributed by atoms with van der Waals surface area (Å²) in [5.41, 5.74) is 0.501. The Morgan fingerprint density at radius 2 is 2.21 bits per heavy atom. The number of anilines is 1. The molecule has 0 aliphatic carbocycles. The van der Waals surface area contributed by atoms with Gasteiger partial charge in [-0.25, -0.2) is 0 Å². The second kappa shape index (κ2) is 6.36. The van der Waals surface area contributed by atoms with Gasteiger partial charge in [0, 0.05) is 15.8 Å². The van der Waals surface area contributed by atoms with E-state index in [2.05, 4.69) is 29.4 Å². The quantitative estimate of drug-likeness (QED) is 0.686. The van der Waals surface area contributed by atoms with Crippen LogP contribution in [0.25, 0.3) is 0 Å². The predicted molar refractivity (Wildman–Crippen MR) is 80.3 cm³/mol. The summed E-state index contributed by atoms with van der Waals surface area (Å²) < 4.78 is 0.844. The van der Waals surface area contributed by atoms with Crippen LogP contribution in [0.3, 0.4) is 0 Å². The summed E-state index contributed by atoms with van der Waals surface area (Å²) >= 11 is 8.83. The maximum absolute atomic E-state index is 12.0. The molecule has 0 aliphatic heterocycles. The Labute approximate surface area is 124 Å². The molecule has 4 nitrogen and oxygen atoms in total. The lowest BCUT2D eigenvalue weighted by Crippen LogP contribution is -2.11. The van der Waals surface area contributed by atoms with Crippen molar-refractivity contribution in [3.8, 4) is 0 Å². The van der Waals surface area contributed by atoms with Crippen LogP contribution in [0.4, 0.5) is 5.13 Å². The number of hydrogen-bond donors (Lipinski definition) is 1. The standard InChI is InChI=1S/C12H12ClN3OS2/c1-7(2)18-12-16-15-11(19-12)14-10(17)8-4-3-5-9(13)6-8/h3-7H,1-2H3,(H,14,15,17). The van der Waals surface area contributed by atoms with Crippen molar-refractivity contribution < 1.29 is 4.79 Å². The lowest BCUT2D eigenvalue weighted by atomic mass is 10.2. The molecule has 0 spiro atoms. The molecule has 1 heterocycles. The van der Waals surface area contributed by atoms with E-state index in [4.69, 9.17) is 11.6 Å². The molecule has 0 radical (unpaired) electrons. The third-order valence-corrected chi connectivity index (χ3v) is 4.21. The van der Waals surface area contributed by atoms with Crippen LogP contribution in [-0.4, -0.2) is 21.4 Å². The Balaban J connectivity index is 2.05. The van der Waals surface area contributed by atoms with Crippen molar-refractivity contribution in [1.29, 1.82) is 0 Å². The van der Waals surface area contributed by atoms with E-state index in [-0.39, 0.29) is 5.91 Å². The van der Waals surface area contributed by atoms with Crippen LogP contribution in [0.2, 0.25) is 5.02 Å². The fourth-order valence-electron chi connectivity index (χ4n) is 1.31. The van der Waals surface area contributed by atoms with E-state index in [1.165, 1.54) is 11.3 Å². The molecule has 0 bridgehead atoms. The number of nitrogens with one attached hydrogen (secondary N) is 1. The van der Waals surface area contributed by atoms with E-state index < -0.39 is 0 Å². The van der Waals surface area contributed by atoms with Crippen LogP contribution < -0.4 is 5.32 Å². The normalized spacial score (nSPS) is 10.7. The van der Waals surface area contributed by atoms with Gasteiger partial charge in [0.2, 0.25) is 5.13 Å².